The van der Waals surface area contributed by atoms with E-state index in [0.29, 0.717) is 22.8 Å². The van der Waals surface area contributed by atoms with Crippen LogP contribution in [-0.4, -0.2) is 23.3 Å². The molecule has 0 saturated carbocycles. The van der Waals surface area contributed by atoms with Gasteiger partial charge in [-0.2, -0.15) is 0 Å². The highest BCUT2D eigenvalue weighted by Gasteiger charge is 2.12. The highest BCUT2D eigenvalue weighted by Crippen LogP contribution is 2.21. The predicted molar refractivity (Wildman–Crippen MR) is 106 cm³/mol. The lowest BCUT2D eigenvalue weighted by Crippen LogP contribution is -2.26. The summed E-state index contributed by atoms with van der Waals surface area (Å²) in [7, 11) is 0. The molecule has 27 heavy (non-hydrogen) atoms. The zero-order valence-electron chi connectivity index (χ0n) is 14.5. The van der Waals surface area contributed by atoms with Gasteiger partial charge in [0.1, 0.15) is 0 Å². The molecule has 0 aliphatic rings. The number of nitrogens with zero attached hydrogens (tertiary/aromatic N) is 1. The largest absolute Gasteiger partial charge is 0.352 e. The summed E-state index contributed by atoms with van der Waals surface area (Å²) in [6.07, 6.45) is 3.57. The summed E-state index contributed by atoms with van der Waals surface area (Å²) in [4.78, 5) is 28.7. The predicted octanol–water partition coefficient (Wildman–Crippen LogP) is 3.96. The van der Waals surface area contributed by atoms with Gasteiger partial charge < -0.3 is 10.6 Å². The van der Waals surface area contributed by atoms with Gasteiger partial charge in [-0.3, -0.25) is 14.6 Å². The topological polar surface area (TPSA) is 71.1 Å². The molecule has 136 valence electrons. The third-order valence-corrected chi connectivity index (χ3v) is 4.26. The van der Waals surface area contributed by atoms with Gasteiger partial charge >= 0.3 is 0 Å². The number of anilines is 1. The van der Waals surface area contributed by atoms with Gasteiger partial charge in [-0.25, -0.2) is 0 Å². The number of hydrogen-bond acceptors (Lipinski definition) is 3. The first-order valence-corrected chi connectivity index (χ1v) is 8.84. The van der Waals surface area contributed by atoms with E-state index in [1.54, 1.807) is 24.3 Å². The van der Waals surface area contributed by atoms with E-state index < -0.39 is 0 Å². The molecule has 3 rings (SSSR count). The summed E-state index contributed by atoms with van der Waals surface area (Å²) in [6, 6.07) is 18.3. The minimum atomic E-state index is -0.380. The molecule has 6 heteroatoms. The molecule has 0 radical (unpaired) electrons. The molecule has 2 aromatic carbocycles. The highest BCUT2D eigenvalue weighted by molar-refractivity contribution is 6.33. The second kappa shape index (κ2) is 8.96. The molecule has 1 aromatic heterocycles. The summed E-state index contributed by atoms with van der Waals surface area (Å²) in [5.41, 5.74) is 2.26. The number of nitrogens with one attached hydrogen (secondary N) is 2. The van der Waals surface area contributed by atoms with Crippen molar-refractivity contribution in [2.75, 3.05) is 11.9 Å². The third-order valence-electron chi connectivity index (χ3n) is 3.93. The molecule has 3 aromatic rings. The average Bonchev–Trinajstić information content (AvgIpc) is 2.70. The zero-order chi connectivity index (χ0) is 19.1. The van der Waals surface area contributed by atoms with Gasteiger partial charge in [-0.15, -0.1) is 0 Å². The Labute approximate surface area is 162 Å². The van der Waals surface area contributed by atoms with Crippen molar-refractivity contribution in [3.63, 3.8) is 0 Å². The van der Waals surface area contributed by atoms with E-state index in [1.807, 2.05) is 30.3 Å². The standard InChI is InChI=1S/C21H18ClN3O2/c22-18-8-4-5-9-19(18)25-21(27)17-12-16(13-23-14-17)20(26)24-11-10-15-6-2-1-3-7-15/h1-9,12-14H,10-11H2,(H,24,26)(H,25,27). The lowest BCUT2D eigenvalue weighted by atomic mass is 10.1. The summed E-state index contributed by atoms with van der Waals surface area (Å²) in [5.74, 6) is -0.652. The lowest BCUT2D eigenvalue weighted by molar-refractivity contribution is 0.0953. The molecule has 0 bridgehead atoms. The Morgan fingerprint density at radius 3 is 2.30 bits per heavy atom. The number of rotatable bonds is 6. The molecule has 5 nitrogen and oxygen atoms in total. The summed E-state index contributed by atoms with van der Waals surface area (Å²) in [5, 5.41) is 5.99. The van der Waals surface area contributed by atoms with Crippen molar-refractivity contribution >= 4 is 29.1 Å². The van der Waals surface area contributed by atoms with Crippen LogP contribution in [0.25, 0.3) is 0 Å². The van der Waals surface area contributed by atoms with E-state index in [0.717, 1.165) is 12.0 Å². The van der Waals surface area contributed by atoms with Gasteiger partial charge in [-0.1, -0.05) is 54.1 Å². The molecule has 0 aliphatic carbocycles. The van der Waals surface area contributed by atoms with Crippen LogP contribution in [0, 0.1) is 0 Å². The summed E-state index contributed by atoms with van der Waals surface area (Å²) >= 11 is 6.05. The minimum Gasteiger partial charge on any atom is -0.352 e. The smallest absolute Gasteiger partial charge is 0.257 e. The van der Waals surface area contributed by atoms with Crippen molar-refractivity contribution in [1.29, 1.82) is 0 Å². The molecular weight excluding hydrogens is 362 g/mol. The molecule has 0 unspecified atom stereocenters. The van der Waals surface area contributed by atoms with Crippen molar-refractivity contribution in [2.45, 2.75) is 6.42 Å². The fourth-order valence-electron chi connectivity index (χ4n) is 2.51. The van der Waals surface area contributed by atoms with Gasteiger partial charge in [-0.05, 0) is 30.2 Å². The number of benzene rings is 2. The Hall–Kier alpha value is -3.18. The molecule has 1 heterocycles. The normalized spacial score (nSPS) is 10.3. The van der Waals surface area contributed by atoms with Crippen molar-refractivity contribution in [3.8, 4) is 0 Å². The number of pyridine rings is 1. The number of aromatic nitrogens is 1. The van der Waals surface area contributed by atoms with Crippen LogP contribution in [0.2, 0.25) is 5.02 Å². The molecule has 2 N–H and O–H groups in total. The first-order chi connectivity index (χ1) is 13.1. The quantitative estimate of drug-likeness (QED) is 0.681. The summed E-state index contributed by atoms with van der Waals surface area (Å²) in [6.45, 7) is 0.499. The first kappa shape index (κ1) is 18.6. The first-order valence-electron chi connectivity index (χ1n) is 8.46. The van der Waals surface area contributed by atoms with Crippen LogP contribution in [-0.2, 0) is 6.42 Å². The number of carbonyl (C=O) groups is 2. The maximum absolute atomic E-state index is 12.4. The molecule has 2 amide bonds. The number of carbonyl (C=O) groups excluding carboxylic acids is 2. The molecule has 0 saturated heterocycles. The van der Waals surface area contributed by atoms with Gasteiger partial charge in [0.2, 0.25) is 0 Å². The number of amides is 2. The van der Waals surface area contributed by atoms with Crippen LogP contribution >= 0.6 is 11.6 Å². The van der Waals surface area contributed by atoms with E-state index in [4.69, 9.17) is 11.6 Å². The number of halogens is 1. The van der Waals surface area contributed by atoms with E-state index in [1.165, 1.54) is 18.5 Å². The fraction of sp³-hybridized carbons (Fsp3) is 0.0952. The highest BCUT2D eigenvalue weighted by atomic mass is 35.5. The van der Waals surface area contributed by atoms with E-state index in [9.17, 15) is 9.59 Å². The van der Waals surface area contributed by atoms with Crippen molar-refractivity contribution in [3.05, 3.63) is 94.8 Å². The summed E-state index contributed by atoms with van der Waals surface area (Å²) < 4.78 is 0. The van der Waals surface area contributed by atoms with Crippen LogP contribution < -0.4 is 10.6 Å². The maximum Gasteiger partial charge on any atom is 0.257 e. The van der Waals surface area contributed by atoms with Gasteiger partial charge in [0.05, 0.1) is 21.8 Å². The van der Waals surface area contributed by atoms with E-state index in [-0.39, 0.29) is 17.4 Å². The van der Waals surface area contributed by atoms with Gasteiger partial charge in [0, 0.05) is 18.9 Å². The third kappa shape index (κ3) is 5.15. The molecular formula is C21H18ClN3O2. The SMILES string of the molecule is O=C(NCCc1ccccc1)c1cncc(C(=O)Nc2ccccc2Cl)c1. The van der Waals surface area contributed by atoms with Crippen LogP contribution in [0.1, 0.15) is 26.3 Å². The van der Waals surface area contributed by atoms with Crippen LogP contribution in [0.4, 0.5) is 5.69 Å². The second-order valence-electron chi connectivity index (χ2n) is 5.89. The number of para-hydroxylation sites is 1. The molecule has 0 fully saturated rings. The minimum absolute atomic E-state index is 0.272. The molecule has 0 spiro atoms. The Balaban J connectivity index is 1.61. The molecule has 0 atom stereocenters. The average molecular weight is 380 g/mol. The van der Waals surface area contributed by atoms with Crippen LogP contribution in [0.15, 0.2) is 73.1 Å². The van der Waals surface area contributed by atoms with Gasteiger partial charge in [0.15, 0.2) is 0 Å². The maximum atomic E-state index is 12.4. The Morgan fingerprint density at radius 1 is 0.889 bits per heavy atom. The Kier molecular flexibility index (Phi) is 6.18. The van der Waals surface area contributed by atoms with Gasteiger partial charge in [0.25, 0.3) is 11.8 Å². The fourth-order valence-corrected chi connectivity index (χ4v) is 2.70. The van der Waals surface area contributed by atoms with E-state index in [2.05, 4.69) is 15.6 Å². The Morgan fingerprint density at radius 2 is 1.56 bits per heavy atom. The zero-order valence-corrected chi connectivity index (χ0v) is 15.2. The van der Waals surface area contributed by atoms with Crippen LogP contribution in [0.5, 0.6) is 0 Å². The second-order valence-corrected chi connectivity index (χ2v) is 6.29. The number of hydrogen-bond donors (Lipinski definition) is 2. The van der Waals surface area contributed by atoms with Crippen LogP contribution in [0.3, 0.4) is 0 Å². The Bertz CT molecular complexity index is 945. The van der Waals surface area contributed by atoms with E-state index >= 15 is 0 Å². The molecule has 0 aliphatic heterocycles. The van der Waals surface area contributed by atoms with Crippen molar-refractivity contribution in [1.82, 2.24) is 10.3 Å². The van der Waals surface area contributed by atoms with Crippen molar-refractivity contribution in [2.24, 2.45) is 0 Å². The lowest BCUT2D eigenvalue weighted by Gasteiger charge is -2.08. The monoisotopic (exact) mass is 379 g/mol. The van der Waals surface area contributed by atoms with Crippen molar-refractivity contribution < 1.29 is 9.59 Å².